The van der Waals surface area contributed by atoms with E-state index in [0.717, 1.165) is 18.4 Å². The van der Waals surface area contributed by atoms with Gasteiger partial charge in [-0.1, -0.05) is 37.6 Å². The van der Waals surface area contributed by atoms with Gasteiger partial charge in [0.25, 0.3) is 0 Å². The van der Waals surface area contributed by atoms with Gasteiger partial charge >= 0.3 is 5.97 Å². The van der Waals surface area contributed by atoms with Crippen LogP contribution in [0, 0.1) is 11.3 Å². The zero-order valence-electron chi connectivity index (χ0n) is 13.1. The molecule has 0 N–H and O–H groups in total. The maximum Gasteiger partial charge on any atom is 0.312 e. The quantitative estimate of drug-likeness (QED) is 0.591. The molecule has 1 saturated carbocycles. The number of Topliss-reactive ketones (excluding diaryl/α,β-unsaturated/α-hetero) is 2. The average molecular weight is 300 g/mol. The molecule has 4 nitrogen and oxygen atoms in total. The Hall–Kier alpha value is -1.97. The Kier molecular flexibility index (Phi) is 3.24. The van der Waals surface area contributed by atoms with Crippen LogP contribution in [-0.4, -0.2) is 24.6 Å². The molecule has 3 rings (SSSR count). The SMILES string of the molecule is COC(=O)[C@]1(C)CCC[C@@]2(C)c3ccccc3C(=O)C(=O)[C@@H]12. The molecule has 0 aromatic heterocycles. The highest BCUT2D eigenvalue weighted by atomic mass is 16.5. The van der Waals surface area contributed by atoms with E-state index in [9.17, 15) is 14.4 Å². The molecular formula is C18H20O4. The van der Waals surface area contributed by atoms with Crippen LogP contribution >= 0.6 is 0 Å². The normalized spacial score (nSPS) is 33.9. The number of ether oxygens (including phenoxy) is 1. The largest absolute Gasteiger partial charge is 0.469 e. The van der Waals surface area contributed by atoms with E-state index < -0.39 is 34.3 Å². The summed E-state index contributed by atoms with van der Waals surface area (Å²) < 4.78 is 4.96. The summed E-state index contributed by atoms with van der Waals surface area (Å²) in [5.74, 6) is -1.98. The first-order valence-corrected chi connectivity index (χ1v) is 7.63. The molecule has 4 heteroatoms. The minimum Gasteiger partial charge on any atom is -0.469 e. The van der Waals surface area contributed by atoms with Crippen LogP contribution in [0.15, 0.2) is 24.3 Å². The van der Waals surface area contributed by atoms with Crippen molar-refractivity contribution >= 4 is 17.5 Å². The van der Waals surface area contributed by atoms with Gasteiger partial charge in [0.05, 0.1) is 18.4 Å². The third-order valence-electron chi connectivity index (χ3n) is 5.59. The molecule has 3 atom stereocenters. The lowest BCUT2D eigenvalue weighted by Crippen LogP contribution is -2.58. The maximum atomic E-state index is 12.8. The molecule has 0 heterocycles. The van der Waals surface area contributed by atoms with Gasteiger partial charge in [0.2, 0.25) is 11.6 Å². The van der Waals surface area contributed by atoms with Crippen molar-refractivity contribution in [3.8, 4) is 0 Å². The zero-order valence-corrected chi connectivity index (χ0v) is 13.1. The van der Waals surface area contributed by atoms with Crippen molar-refractivity contribution < 1.29 is 19.1 Å². The van der Waals surface area contributed by atoms with Gasteiger partial charge in [-0.2, -0.15) is 0 Å². The maximum absolute atomic E-state index is 12.8. The van der Waals surface area contributed by atoms with Gasteiger partial charge in [-0.15, -0.1) is 0 Å². The molecule has 2 aliphatic rings. The number of ketones is 2. The van der Waals surface area contributed by atoms with Crippen LogP contribution in [-0.2, 0) is 19.7 Å². The Morgan fingerprint density at radius 2 is 1.86 bits per heavy atom. The van der Waals surface area contributed by atoms with Gasteiger partial charge < -0.3 is 4.74 Å². The first-order chi connectivity index (χ1) is 10.4. The molecule has 1 aromatic rings. The van der Waals surface area contributed by atoms with E-state index in [2.05, 4.69) is 0 Å². The summed E-state index contributed by atoms with van der Waals surface area (Å²) in [6.07, 6.45) is 2.19. The van der Waals surface area contributed by atoms with Crippen LogP contribution in [0.3, 0.4) is 0 Å². The molecule has 2 aliphatic carbocycles. The fourth-order valence-corrected chi connectivity index (χ4v) is 4.58. The van der Waals surface area contributed by atoms with Gasteiger partial charge in [-0.05, 0) is 25.3 Å². The fraction of sp³-hybridized carbons (Fsp3) is 0.500. The number of carbonyl (C=O) groups is 3. The minimum absolute atomic E-state index is 0.399. The van der Waals surface area contributed by atoms with E-state index in [1.165, 1.54) is 7.11 Å². The molecule has 1 fully saturated rings. The first-order valence-electron chi connectivity index (χ1n) is 7.63. The number of carbonyl (C=O) groups excluding carboxylic acids is 3. The van der Waals surface area contributed by atoms with E-state index in [1.807, 2.05) is 19.1 Å². The molecule has 0 saturated heterocycles. The average Bonchev–Trinajstić information content (AvgIpc) is 2.52. The topological polar surface area (TPSA) is 60.4 Å². The van der Waals surface area contributed by atoms with Crippen molar-refractivity contribution in [2.45, 2.75) is 38.5 Å². The number of esters is 1. The van der Waals surface area contributed by atoms with Crippen LogP contribution < -0.4 is 0 Å². The predicted octanol–water partition coefficient (Wildman–Crippen LogP) is 2.69. The summed E-state index contributed by atoms with van der Waals surface area (Å²) in [7, 11) is 1.34. The number of rotatable bonds is 1. The van der Waals surface area contributed by atoms with Crippen molar-refractivity contribution in [3.63, 3.8) is 0 Å². The third kappa shape index (κ3) is 1.73. The Morgan fingerprint density at radius 3 is 2.55 bits per heavy atom. The molecule has 1 aromatic carbocycles. The molecule has 22 heavy (non-hydrogen) atoms. The smallest absolute Gasteiger partial charge is 0.312 e. The lowest BCUT2D eigenvalue weighted by Gasteiger charge is -2.52. The van der Waals surface area contributed by atoms with Crippen LogP contribution in [0.25, 0.3) is 0 Å². The highest BCUT2D eigenvalue weighted by molar-refractivity contribution is 6.46. The van der Waals surface area contributed by atoms with Gasteiger partial charge in [0.1, 0.15) is 0 Å². The summed E-state index contributed by atoms with van der Waals surface area (Å²) >= 11 is 0. The van der Waals surface area contributed by atoms with Crippen LogP contribution in [0.1, 0.15) is 49.0 Å². The van der Waals surface area contributed by atoms with E-state index in [-0.39, 0.29) is 0 Å². The molecular weight excluding hydrogens is 280 g/mol. The van der Waals surface area contributed by atoms with Crippen molar-refractivity contribution in [3.05, 3.63) is 35.4 Å². The Bertz CT molecular complexity index is 677. The Morgan fingerprint density at radius 1 is 1.18 bits per heavy atom. The molecule has 116 valence electrons. The van der Waals surface area contributed by atoms with Crippen LogP contribution in [0.2, 0.25) is 0 Å². The first kappa shape index (κ1) is 14.9. The standard InChI is InChI=1S/C18H20O4/c1-17-9-6-10-18(2,16(21)22-3)15(17)14(20)13(19)11-7-4-5-8-12(11)17/h4-5,7-8,15H,6,9-10H2,1-3H3/t15-,17+,18-/m1/s1. The minimum atomic E-state index is -0.942. The Balaban J connectivity index is 2.24. The summed E-state index contributed by atoms with van der Waals surface area (Å²) in [4.78, 5) is 37.7. The summed E-state index contributed by atoms with van der Waals surface area (Å²) in [5, 5.41) is 0. The second-order valence-electron chi connectivity index (χ2n) is 6.85. The number of methoxy groups -OCH3 is 1. The molecule has 0 bridgehead atoms. The van der Waals surface area contributed by atoms with Gasteiger partial charge in [-0.25, -0.2) is 0 Å². The third-order valence-corrected chi connectivity index (χ3v) is 5.59. The Labute approximate surface area is 129 Å². The molecule has 0 unspecified atom stereocenters. The molecule has 0 aliphatic heterocycles. The monoisotopic (exact) mass is 300 g/mol. The lowest BCUT2D eigenvalue weighted by molar-refractivity contribution is -0.163. The van der Waals surface area contributed by atoms with Crippen molar-refractivity contribution in [2.24, 2.45) is 11.3 Å². The lowest BCUT2D eigenvalue weighted by atomic mass is 9.49. The summed E-state index contributed by atoms with van der Waals surface area (Å²) in [5.41, 5.74) is -0.0649. The summed E-state index contributed by atoms with van der Waals surface area (Å²) in [6, 6.07) is 7.28. The highest BCUT2D eigenvalue weighted by Crippen LogP contribution is 2.56. The predicted molar refractivity (Wildman–Crippen MR) is 80.6 cm³/mol. The van der Waals surface area contributed by atoms with Gasteiger partial charge in [-0.3, -0.25) is 14.4 Å². The van der Waals surface area contributed by atoms with E-state index >= 15 is 0 Å². The summed E-state index contributed by atoms with van der Waals surface area (Å²) in [6.45, 7) is 3.77. The van der Waals surface area contributed by atoms with Crippen molar-refractivity contribution in [1.82, 2.24) is 0 Å². The number of fused-ring (bicyclic) bond motifs is 3. The van der Waals surface area contributed by atoms with Crippen LogP contribution in [0.5, 0.6) is 0 Å². The van der Waals surface area contributed by atoms with E-state index in [4.69, 9.17) is 4.74 Å². The number of hydrogen-bond donors (Lipinski definition) is 0. The van der Waals surface area contributed by atoms with Gasteiger partial charge in [0, 0.05) is 11.0 Å². The fourth-order valence-electron chi connectivity index (χ4n) is 4.58. The highest BCUT2D eigenvalue weighted by Gasteiger charge is 2.61. The van der Waals surface area contributed by atoms with E-state index in [0.29, 0.717) is 12.0 Å². The van der Waals surface area contributed by atoms with Gasteiger partial charge in [0.15, 0.2) is 0 Å². The second kappa shape index (κ2) is 4.77. The second-order valence-corrected chi connectivity index (χ2v) is 6.85. The molecule has 0 amide bonds. The number of benzene rings is 1. The van der Waals surface area contributed by atoms with E-state index in [1.54, 1.807) is 19.1 Å². The molecule has 0 spiro atoms. The zero-order chi connectivity index (χ0) is 16.1. The molecule has 0 radical (unpaired) electrons. The number of hydrogen-bond acceptors (Lipinski definition) is 4. The van der Waals surface area contributed by atoms with Crippen molar-refractivity contribution in [2.75, 3.05) is 7.11 Å². The van der Waals surface area contributed by atoms with Crippen molar-refractivity contribution in [1.29, 1.82) is 0 Å². The van der Waals surface area contributed by atoms with Crippen LogP contribution in [0.4, 0.5) is 0 Å².